The number of carbonyl (C=O) groups excluding carboxylic acids is 3. The highest BCUT2D eigenvalue weighted by molar-refractivity contribution is 5.90. The van der Waals surface area contributed by atoms with Crippen molar-refractivity contribution in [3.63, 3.8) is 0 Å². The van der Waals surface area contributed by atoms with E-state index in [0.717, 1.165) is 11.1 Å². The van der Waals surface area contributed by atoms with Gasteiger partial charge in [-0.05, 0) is 18.1 Å². The maximum absolute atomic E-state index is 13.0. The molecule has 2 aromatic rings. The Kier molecular flexibility index (Phi) is 8.21. The Labute approximate surface area is 187 Å². The van der Waals surface area contributed by atoms with E-state index >= 15 is 0 Å². The number of hydrogen-bond donors (Lipinski definition) is 2. The molecule has 0 bridgehead atoms. The molecule has 0 spiro atoms. The van der Waals surface area contributed by atoms with Crippen molar-refractivity contribution in [1.29, 1.82) is 0 Å². The van der Waals surface area contributed by atoms with Gasteiger partial charge in [0.15, 0.2) is 0 Å². The van der Waals surface area contributed by atoms with E-state index in [1.54, 1.807) is 6.92 Å². The van der Waals surface area contributed by atoms with Gasteiger partial charge in [-0.25, -0.2) is 9.59 Å². The Hall–Kier alpha value is -3.39. The minimum absolute atomic E-state index is 0.0194. The van der Waals surface area contributed by atoms with Crippen LogP contribution in [-0.2, 0) is 32.1 Å². The zero-order valence-electron chi connectivity index (χ0n) is 18.0. The predicted octanol–water partition coefficient (Wildman–Crippen LogP) is 2.05. The van der Waals surface area contributed by atoms with Crippen LogP contribution < -0.4 is 5.32 Å². The predicted molar refractivity (Wildman–Crippen MR) is 116 cm³/mol. The van der Waals surface area contributed by atoms with E-state index in [-0.39, 0.29) is 32.6 Å². The van der Waals surface area contributed by atoms with Crippen LogP contribution in [0.5, 0.6) is 0 Å². The smallest absolute Gasteiger partial charge is 0.410 e. The molecular weight excluding hydrogens is 412 g/mol. The van der Waals surface area contributed by atoms with Gasteiger partial charge >= 0.3 is 12.1 Å². The fraction of sp³-hybridized carbons (Fsp3) is 0.375. The van der Waals surface area contributed by atoms with E-state index in [1.165, 1.54) is 4.90 Å². The molecular formula is C24H28N2O6. The number of esters is 1. The van der Waals surface area contributed by atoms with Crippen molar-refractivity contribution in [1.82, 2.24) is 10.2 Å². The van der Waals surface area contributed by atoms with E-state index in [0.29, 0.717) is 0 Å². The van der Waals surface area contributed by atoms with Crippen LogP contribution in [-0.4, -0.2) is 59.3 Å². The molecule has 0 aliphatic carbocycles. The summed E-state index contributed by atoms with van der Waals surface area (Å²) in [6.45, 7) is 1.91. The maximum atomic E-state index is 13.0. The van der Waals surface area contributed by atoms with Gasteiger partial charge in [-0.15, -0.1) is 0 Å². The largest absolute Gasteiger partial charge is 0.464 e. The normalized spacial score (nSPS) is 18.6. The lowest BCUT2D eigenvalue weighted by molar-refractivity contribution is -0.147. The van der Waals surface area contributed by atoms with Crippen molar-refractivity contribution < 1.29 is 29.0 Å². The summed E-state index contributed by atoms with van der Waals surface area (Å²) >= 11 is 0. The van der Waals surface area contributed by atoms with E-state index in [9.17, 15) is 19.5 Å². The standard InChI is InChI=1S/C24H28N2O6/c1-2-31-23(29)20(13-17-9-5-3-6-10-17)25-22(28)21-14-19(27)15-26(21)24(30)32-16-18-11-7-4-8-12-18/h3-12,19-21,27H,2,13-16H2,1H3,(H,25,28). The molecule has 8 heteroatoms. The van der Waals surface area contributed by atoms with Crippen LogP contribution in [0.2, 0.25) is 0 Å². The first-order valence-corrected chi connectivity index (χ1v) is 10.6. The third kappa shape index (κ3) is 6.31. The van der Waals surface area contributed by atoms with Crippen molar-refractivity contribution in [2.24, 2.45) is 0 Å². The molecule has 1 heterocycles. The maximum Gasteiger partial charge on any atom is 0.410 e. The van der Waals surface area contributed by atoms with Crippen LogP contribution in [0, 0.1) is 0 Å². The van der Waals surface area contributed by atoms with Gasteiger partial charge in [-0.2, -0.15) is 0 Å². The number of amides is 2. The lowest BCUT2D eigenvalue weighted by atomic mass is 10.1. The second kappa shape index (κ2) is 11.3. The summed E-state index contributed by atoms with van der Waals surface area (Å²) in [7, 11) is 0. The highest BCUT2D eigenvalue weighted by Crippen LogP contribution is 2.20. The first-order chi connectivity index (χ1) is 15.5. The molecule has 3 rings (SSSR count). The second-order valence-electron chi connectivity index (χ2n) is 7.60. The van der Waals surface area contributed by atoms with E-state index < -0.39 is 36.2 Å². The Morgan fingerprint density at radius 2 is 1.66 bits per heavy atom. The van der Waals surface area contributed by atoms with Crippen LogP contribution in [0.4, 0.5) is 4.79 Å². The summed E-state index contributed by atoms with van der Waals surface area (Å²) in [5.74, 6) is -1.09. The molecule has 2 amide bonds. The molecule has 1 aliphatic heterocycles. The molecule has 8 nitrogen and oxygen atoms in total. The fourth-order valence-corrected chi connectivity index (χ4v) is 3.62. The number of aliphatic hydroxyl groups excluding tert-OH is 1. The van der Waals surface area contributed by atoms with E-state index in [1.807, 2.05) is 60.7 Å². The molecule has 1 aliphatic rings. The van der Waals surface area contributed by atoms with Crippen molar-refractivity contribution in [2.75, 3.05) is 13.2 Å². The van der Waals surface area contributed by atoms with Gasteiger partial charge in [0, 0.05) is 12.8 Å². The molecule has 0 saturated carbocycles. The Morgan fingerprint density at radius 3 is 2.28 bits per heavy atom. The highest BCUT2D eigenvalue weighted by atomic mass is 16.6. The SMILES string of the molecule is CCOC(=O)C(Cc1ccccc1)NC(=O)C1CC(O)CN1C(=O)OCc1ccccc1. The second-order valence-corrected chi connectivity index (χ2v) is 7.60. The zero-order valence-corrected chi connectivity index (χ0v) is 18.0. The molecule has 3 unspecified atom stereocenters. The van der Waals surface area contributed by atoms with E-state index in [2.05, 4.69) is 5.32 Å². The number of benzene rings is 2. The van der Waals surface area contributed by atoms with Gasteiger partial charge in [-0.1, -0.05) is 60.7 Å². The first kappa shape index (κ1) is 23.3. The molecule has 0 aromatic heterocycles. The van der Waals surface area contributed by atoms with Crippen LogP contribution in [0.3, 0.4) is 0 Å². The van der Waals surface area contributed by atoms with Crippen LogP contribution in [0.25, 0.3) is 0 Å². The van der Waals surface area contributed by atoms with E-state index in [4.69, 9.17) is 9.47 Å². The van der Waals surface area contributed by atoms with Crippen molar-refractivity contribution in [3.05, 3.63) is 71.8 Å². The quantitative estimate of drug-likeness (QED) is 0.609. The van der Waals surface area contributed by atoms with Gasteiger partial charge in [0.25, 0.3) is 0 Å². The number of rotatable bonds is 8. The minimum Gasteiger partial charge on any atom is -0.464 e. The number of aliphatic hydroxyl groups is 1. The van der Waals surface area contributed by atoms with Crippen molar-refractivity contribution in [2.45, 2.75) is 44.6 Å². The average molecular weight is 440 g/mol. The van der Waals surface area contributed by atoms with Crippen molar-refractivity contribution >= 4 is 18.0 Å². The molecule has 2 N–H and O–H groups in total. The average Bonchev–Trinajstić information content (AvgIpc) is 3.20. The molecule has 170 valence electrons. The number of β-amino-alcohol motifs (C(OH)–C–C–N with tert-alkyl or cyclic N) is 1. The summed E-state index contributed by atoms with van der Waals surface area (Å²) in [4.78, 5) is 39.3. The number of hydrogen-bond acceptors (Lipinski definition) is 6. The van der Waals surface area contributed by atoms with Gasteiger partial charge in [0.05, 0.1) is 19.3 Å². The Morgan fingerprint density at radius 1 is 1.03 bits per heavy atom. The third-order valence-electron chi connectivity index (χ3n) is 5.19. The fourth-order valence-electron chi connectivity index (χ4n) is 3.62. The molecule has 1 saturated heterocycles. The zero-order chi connectivity index (χ0) is 22.9. The van der Waals surface area contributed by atoms with Crippen LogP contribution >= 0.6 is 0 Å². The first-order valence-electron chi connectivity index (χ1n) is 10.6. The summed E-state index contributed by atoms with van der Waals surface area (Å²) in [5, 5.41) is 12.8. The lowest BCUT2D eigenvalue weighted by Crippen LogP contribution is -2.52. The molecule has 32 heavy (non-hydrogen) atoms. The summed E-state index contributed by atoms with van der Waals surface area (Å²) in [6.07, 6.45) is -1.24. The van der Waals surface area contributed by atoms with Gasteiger partial charge in [0.1, 0.15) is 18.7 Å². The molecule has 0 radical (unpaired) electrons. The van der Waals surface area contributed by atoms with Crippen LogP contribution in [0.1, 0.15) is 24.5 Å². The lowest BCUT2D eigenvalue weighted by Gasteiger charge is -2.25. The van der Waals surface area contributed by atoms with Gasteiger partial charge in [-0.3, -0.25) is 9.69 Å². The van der Waals surface area contributed by atoms with Crippen LogP contribution in [0.15, 0.2) is 60.7 Å². The molecule has 3 atom stereocenters. The number of nitrogens with one attached hydrogen (secondary N) is 1. The summed E-state index contributed by atoms with van der Waals surface area (Å²) in [5.41, 5.74) is 1.67. The summed E-state index contributed by atoms with van der Waals surface area (Å²) in [6, 6.07) is 16.6. The number of carbonyl (C=O) groups is 3. The van der Waals surface area contributed by atoms with Gasteiger partial charge in [0.2, 0.25) is 5.91 Å². The third-order valence-corrected chi connectivity index (χ3v) is 5.19. The highest BCUT2D eigenvalue weighted by Gasteiger charge is 2.41. The minimum atomic E-state index is -0.944. The number of nitrogens with zero attached hydrogens (tertiary/aromatic N) is 1. The monoisotopic (exact) mass is 440 g/mol. The topological polar surface area (TPSA) is 105 Å². The Balaban J connectivity index is 1.66. The van der Waals surface area contributed by atoms with Crippen molar-refractivity contribution in [3.8, 4) is 0 Å². The number of ether oxygens (including phenoxy) is 2. The molecule has 1 fully saturated rings. The number of likely N-dealkylation sites (tertiary alicyclic amines) is 1. The Bertz CT molecular complexity index is 905. The summed E-state index contributed by atoms with van der Waals surface area (Å²) < 4.78 is 10.4. The van der Waals surface area contributed by atoms with Gasteiger partial charge < -0.3 is 19.9 Å². The molecule has 2 aromatic carbocycles.